The molecule has 5 nitrogen and oxygen atoms in total. The van der Waals surface area contributed by atoms with Gasteiger partial charge in [0, 0.05) is 35.9 Å². The van der Waals surface area contributed by atoms with E-state index in [1.165, 1.54) is 16.7 Å². The first-order valence-corrected chi connectivity index (χ1v) is 13.1. The van der Waals surface area contributed by atoms with Crippen molar-refractivity contribution in [2.75, 3.05) is 13.1 Å². The van der Waals surface area contributed by atoms with E-state index in [4.69, 9.17) is 0 Å². The molecule has 0 aliphatic carbocycles. The van der Waals surface area contributed by atoms with Crippen molar-refractivity contribution in [2.45, 2.75) is 31.7 Å². The molecule has 1 fully saturated rings. The van der Waals surface area contributed by atoms with Crippen LogP contribution in [0.3, 0.4) is 0 Å². The van der Waals surface area contributed by atoms with E-state index < -0.39 is 0 Å². The van der Waals surface area contributed by atoms with Crippen molar-refractivity contribution in [1.29, 1.82) is 0 Å². The molecule has 1 atom stereocenters. The van der Waals surface area contributed by atoms with Crippen molar-refractivity contribution in [3.63, 3.8) is 0 Å². The Morgan fingerprint density at radius 1 is 1.00 bits per heavy atom. The fourth-order valence-electron chi connectivity index (χ4n) is 4.47. The maximum absolute atomic E-state index is 12.9. The van der Waals surface area contributed by atoms with E-state index in [0.717, 1.165) is 34.4 Å². The Morgan fingerprint density at radius 3 is 2.50 bits per heavy atom. The van der Waals surface area contributed by atoms with E-state index in [9.17, 15) is 9.59 Å². The van der Waals surface area contributed by atoms with Crippen molar-refractivity contribution >= 4 is 33.9 Å². The molecule has 0 bridgehead atoms. The van der Waals surface area contributed by atoms with Crippen molar-refractivity contribution in [1.82, 2.24) is 15.2 Å². The zero-order valence-corrected chi connectivity index (χ0v) is 20.9. The molecular weight excluding hydrogens is 466 g/mol. The van der Waals surface area contributed by atoms with Crippen LogP contribution in [0.2, 0.25) is 0 Å². The van der Waals surface area contributed by atoms with E-state index in [1.807, 2.05) is 54.8 Å². The van der Waals surface area contributed by atoms with Crippen LogP contribution in [-0.4, -0.2) is 34.8 Å². The molecule has 1 saturated heterocycles. The number of amides is 2. The average Bonchev–Trinajstić information content (AvgIpc) is 3.43. The molecule has 0 saturated carbocycles. The first-order valence-electron chi connectivity index (χ1n) is 12.2. The van der Waals surface area contributed by atoms with Crippen LogP contribution in [0, 0.1) is 11.8 Å². The van der Waals surface area contributed by atoms with Gasteiger partial charge in [0.05, 0.1) is 11.0 Å². The SMILES string of the molecule is CC(NC(=O)c1csc(C2CCN(C(=O)C#Cc3ccccc3)CC2)n1)c1ccc2ccccc2c1. The Hall–Kier alpha value is -3.95. The second-order valence-electron chi connectivity index (χ2n) is 9.06. The van der Waals surface area contributed by atoms with Gasteiger partial charge in [-0.3, -0.25) is 9.59 Å². The number of piperidine rings is 1. The highest BCUT2D eigenvalue weighted by Gasteiger charge is 2.26. The summed E-state index contributed by atoms with van der Waals surface area (Å²) in [6, 6.07) is 23.9. The summed E-state index contributed by atoms with van der Waals surface area (Å²) in [6.07, 6.45) is 1.64. The third kappa shape index (κ3) is 5.48. The van der Waals surface area contributed by atoms with E-state index in [0.29, 0.717) is 18.8 Å². The average molecular weight is 494 g/mol. The van der Waals surface area contributed by atoms with Crippen LogP contribution in [-0.2, 0) is 4.79 Å². The summed E-state index contributed by atoms with van der Waals surface area (Å²) in [5.41, 5.74) is 2.35. The summed E-state index contributed by atoms with van der Waals surface area (Å²) in [6.45, 7) is 3.28. The Balaban J connectivity index is 1.16. The number of hydrogen-bond acceptors (Lipinski definition) is 4. The third-order valence-corrected chi connectivity index (χ3v) is 7.60. The molecule has 2 heterocycles. The summed E-state index contributed by atoms with van der Waals surface area (Å²) < 4.78 is 0. The molecular formula is C30H27N3O2S. The summed E-state index contributed by atoms with van der Waals surface area (Å²) in [4.78, 5) is 31.8. The lowest BCUT2D eigenvalue weighted by Crippen LogP contribution is -2.37. The summed E-state index contributed by atoms with van der Waals surface area (Å²) in [5.74, 6) is 5.64. The minimum absolute atomic E-state index is 0.126. The van der Waals surface area contributed by atoms with Crippen molar-refractivity contribution < 1.29 is 9.59 Å². The minimum Gasteiger partial charge on any atom is -0.344 e. The molecule has 1 unspecified atom stereocenters. The van der Waals surface area contributed by atoms with Gasteiger partial charge in [-0.25, -0.2) is 4.98 Å². The number of nitrogens with zero attached hydrogens (tertiary/aromatic N) is 2. The van der Waals surface area contributed by atoms with Crippen molar-refractivity contribution in [3.8, 4) is 11.8 Å². The van der Waals surface area contributed by atoms with Gasteiger partial charge in [-0.2, -0.15) is 0 Å². The molecule has 4 aromatic rings. The highest BCUT2D eigenvalue weighted by molar-refractivity contribution is 7.09. The van der Waals surface area contributed by atoms with Gasteiger partial charge in [-0.15, -0.1) is 11.3 Å². The standard InChI is InChI=1S/C30H27N3O2S/c1-21(25-13-12-23-9-5-6-10-26(23)19-25)31-29(35)27-20-36-30(32-27)24-15-17-33(18-16-24)28(34)14-11-22-7-3-2-4-8-22/h2-10,12-13,19-21,24H,15-18H2,1H3,(H,31,35). The van der Waals surface area contributed by atoms with Gasteiger partial charge >= 0.3 is 0 Å². The number of likely N-dealkylation sites (tertiary alicyclic amines) is 1. The zero-order valence-electron chi connectivity index (χ0n) is 20.1. The molecule has 1 N–H and O–H groups in total. The second kappa shape index (κ2) is 10.8. The van der Waals surface area contributed by atoms with E-state index in [-0.39, 0.29) is 23.8 Å². The number of benzene rings is 3. The molecule has 0 radical (unpaired) electrons. The van der Waals surface area contributed by atoms with Crippen molar-refractivity contribution in [2.24, 2.45) is 0 Å². The number of carbonyl (C=O) groups is 2. The monoisotopic (exact) mass is 493 g/mol. The lowest BCUT2D eigenvalue weighted by atomic mass is 9.97. The molecule has 5 rings (SSSR count). The molecule has 1 aliphatic heterocycles. The quantitative estimate of drug-likeness (QED) is 0.380. The molecule has 1 aliphatic rings. The van der Waals surface area contributed by atoms with Crippen LogP contribution in [0.5, 0.6) is 0 Å². The fourth-order valence-corrected chi connectivity index (χ4v) is 5.44. The number of carbonyl (C=O) groups excluding carboxylic acids is 2. The number of thiazole rings is 1. The van der Waals surface area contributed by atoms with Crippen LogP contribution in [0.4, 0.5) is 0 Å². The maximum Gasteiger partial charge on any atom is 0.298 e. The number of hydrogen-bond donors (Lipinski definition) is 1. The first kappa shape index (κ1) is 23.8. The smallest absolute Gasteiger partial charge is 0.298 e. The molecule has 3 aromatic carbocycles. The van der Waals surface area contributed by atoms with Crippen LogP contribution in [0.15, 0.2) is 78.2 Å². The van der Waals surface area contributed by atoms with Crippen LogP contribution < -0.4 is 5.32 Å². The lowest BCUT2D eigenvalue weighted by molar-refractivity contribution is -0.126. The van der Waals surface area contributed by atoms with Gasteiger partial charge in [-0.05, 0) is 54.3 Å². The van der Waals surface area contributed by atoms with Gasteiger partial charge in [-0.1, -0.05) is 60.5 Å². The molecule has 180 valence electrons. The molecule has 36 heavy (non-hydrogen) atoms. The first-order chi connectivity index (χ1) is 17.6. The van der Waals surface area contributed by atoms with Gasteiger partial charge in [0.25, 0.3) is 11.8 Å². The molecule has 2 amide bonds. The molecule has 6 heteroatoms. The molecule has 0 spiro atoms. The highest BCUT2D eigenvalue weighted by Crippen LogP contribution is 2.30. The van der Waals surface area contributed by atoms with Crippen LogP contribution in [0.1, 0.15) is 58.3 Å². The van der Waals surface area contributed by atoms with Gasteiger partial charge in [0.1, 0.15) is 5.69 Å². The van der Waals surface area contributed by atoms with Gasteiger partial charge in [0.2, 0.25) is 0 Å². The van der Waals surface area contributed by atoms with Crippen LogP contribution in [0.25, 0.3) is 10.8 Å². The number of aromatic nitrogens is 1. The fraction of sp³-hybridized carbons (Fsp3) is 0.233. The normalized spacial score (nSPS) is 14.6. The van der Waals surface area contributed by atoms with Gasteiger partial charge in [0.15, 0.2) is 0 Å². The maximum atomic E-state index is 12.9. The third-order valence-electron chi connectivity index (χ3n) is 6.59. The Morgan fingerprint density at radius 2 is 1.72 bits per heavy atom. The number of fused-ring (bicyclic) bond motifs is 1. The number of nitrogens with one attached hydrogen (secondary N) is 1. The predicted octanol–water partition coefficient (Wildman–Crippen LogP) is 5.55. The van der Waals surface area contributed by atoms with E-state index in [1.54, 1.807) is 4.90 Å². The van der Waals surface area contributed by atoms with Gasteiger partial charge < -0.3 is 10.2 Å². The molecule has 1 aromatic heterocycles. The Labute approximate surface area is 215 Å². The lowest BCUT2D eigenvalue weighted by Gasteiger charge is -2.29. The summed E-state index contributed by atoms with van der Waals surface area (Å²) in [5, 5.41) is 8.21. The Kier molecular flexibility index (Phi) is 7.11. The zero-order chi connectivity index (χ0) is 24.9. The topological polar surface area (TPSA) is 62.3 Å². The highest BCUT2D eigenvalue weighted by atomic mass is 32.1. The minimum atomic E-state index is -0.165. The largest absolute Gasteiger partial charge is 0.344 e. The second-order valence-corrected chi connectivity index (χ2v) is 9.94. The Bertz CT molecular complexity index is 1440. The van der Waals surface area contributed by atoms with Crippen LogP contribution >= 0.6 is 11.3 Å². The van der Waals surface area contributed by atoms with Crippen molar-refractivity contribution in [3.05, 3.63) is 100 Å². The summed E-state index contributed by atoms with van der Waals surface area (Å²) in [7, 11) is 0. The number of rotatable bonds is 4. The van der Waals surface area contributed by atoms with E-state index >= 15 is 0 Å². The summed E-state index contributed by atoms with van der Waals surface area (Å²) >= 11 is 1.52. The predicted molar refractivity (Wildman–Crippen MR) is 144 cm³/mol. The van der Waals surface area contributed by atoms with E-state index in [2.05, 4.69) is 52.5 Å².